The summed E-state index contributed by atoms with van der Waals surface area (Å²) >= 11 is 0. The van der Waals surface area contributed by atoms with Crippen molar-refractivity contribution in [2.75, 3.05) is 17.7 Å². The van der Waals surface area contributed by atoms with Gasteiger partial charge in [-0.1, -0.05) is 12.1 Å². The molecule has 0 radical (unpaired) electrons. The standard InChI is InChI=1S/C25H23N3O5/c1-16(25(31)28-19-10-8-18(9-11-19)17(2)29)14-23(30)27-20-12-13-24(26-15-20)33-22-7-5-4-6-21(22)32-3/h4-15H,1-3H3,(H,27,30)(H,28,31)/b16-14-. The van der Waals surface area contributed by atoms with Crippen molar-refractivity contribution >= 4 is 29.0 Å². The first-order valence-electron chi connectivity index (χ1n) is 10.0. The predicted octanol–water partition coefficient (Wildman–Crippen LogP) is 4.61. The van der Waals surface area contributed by atoms with Crippen molar-refractivity contribution in [1.82, 2.24) is 4.98 Å². The average Bonchev–Trinajstić information content (AvgIpc) is 2.81. The zero-order valence-corrected chi connectivity index (χ0v) is 18.4. The molecular formula is C25H23N3O5. The van der Waals surface area contributed by atoms with E-state index in [1.165, 1.54) is 26.1 Å². The van der Waals surface area contributed by atoms with Crippen LogP contribution in [0.3, 0.4) is 0 Å². The Morgan fingerprint density at radius 3 is 2.12 bits per heavy atom. The van der Waals surface area contributed by atoms with Gasteiger partial charge in [0.25, 0.3) is 5.91 Å². The quantitative estimate of drug-likeness (QED) is 0.387. The van der Waals surface area contributed by atoms with Crippen LogP contribution < -0.4 is 20.1 Å². The van der Waals surface area contributed by atoms with E-state index in [0.717, 1.165) is 0 Å². The van der Waals surface area contributed by atoms with E-state index >= 15 is 0 Å². The molecule has 1 heterocycles. The Balaban J connectivity index is 1.57. The largest absolute Gasteiger partial charge is 0.493 e. The number of carbonyl (C=O) groups is 3. The van der Waals surface area contributed by atoms with Crippen LogP contribution in [-0.4, -0.2) is 29.7 Å². The molecule has 0 atom stereocenters. The number of Topliss-reactive ketones (excluding diaryl/α,β-unsaturated/α-hetero) is 1. The van der Waals surface area contributed by atoms with Gasteiger partial charge in [0.2, 0.25) is 11.8 Å². The number of carbonyl (C=O) groups excluding carboxylic acids is 3. The summed E-state index contributed by atoms with van der Waals surface area (Å²) in [5.41, 5.74) is 1.73. The third-order valence-corrected chi connectivity index (χ3v) is 4.54. The average molecular weight is 445 g/mol. The van der Waals surface area contributed by atoms with E-state index in [1.807, 2.05) is 12.1 Å². The van der Waals surface area contributed by atoms with Crippen LogP contribution in [0.1, 0.15) is 24.2 Å². The lowest BCUT2D eigenvalue weighted by atomic mass is 10.1. The molecule has 2 amide bonds. The fourth-order valence-corrected chi connectivity index (χ4v) is 2.79. The minimum absolute atomic E-state index is 0.0606. The summed E-state index contributed by atoms with van der Waals surface area (Å²) in [6, 6.07) is 16.9. The van der Waals surface area contributed by atoms with Crippen molar-refractivity contribution in [3.63, 3.8) is 0 Å². The van der Waals surface area contributed by atoms with Crippen LogP contribution in [0.25, 0.3) is 0 Å². The van der Waals surface area contributed by atoms with Gasteiger partial charge in [0.05, 0.1) is 19.0 Å². The molecule has 8 heteroatoms. The number of ether oxygens (including phenoxy) is 2. The summed E-state index contributed by atoms with van der Waals surface area (Å²) in [5, 5.41) is 5.33. The van der Waals surface area contributed by atoms with Gasteiger partial charge in [0.1, 0.15) is 0 Å². The van der Waals surface area contributed by atoms with Crippen molar-refractivity contribution < 1.29 is 23.9 Å². The van der Waals surface area contributed by atoms with Gasteiger partial charge < -0.3 is 20.1 Å². The first-order valence-corrected chi connectivity index (χ1v) is 10.0. The Hall–Kier alpha value is -4.46. The number of benzene rings is 2. The molecule has 33 heavy (non-hydrogen) atoms. The molecule has 0 aliphatic heterocycles. The summed E-state index contributed by atoms with van der Waals surface area (Å²) in [4.78, 5) is 40.1. The Bertz CT molecular complexity index is 1190. The minimum Gasteiger partial charge on any atom is -0.493 e. The number of pyridine rings is 1. The van der Waals surface area contributed by atoms with E-state index in [-0.39, 0.29) is 11.4 Å². The third kappa shape index (κ3) is 6.51. The highest BCUT2D eigenvalue weighted by molar-refractivity contribution is 6.10. The molecule has 1 aromatic heterocycles. The SMILES string of the molecule is COc1ccccc1Oc1ccc(NC(=O)/C=C(/C)C(=O)Nc2ccc(C(C)=O)cc2)cn1. The van der Waals surface area contributed by atoms with Crippen molar-refractivity contribution in [3.8, 4) is 17.4 Å². The normalized spacial score (nSPS) is 10.8. The summed E-state index contributed by atoms with van der Waals surface area (Å²) in [6.45, 7) is 3.00. The minimum atomic E-state index is -0.477. The second-order valence-corrected chi connectivity index (χ2v) is 7.04. The maximum absolute atomic E-state index is 12.3. The van der Waals surface area contributed by atoms with Crippen LogP contribution in [0.15, 0.2) is 78.5 Å². The lowest BCUT2D eigenvalue weighted by Crippen LogP contribution is -2.16. The van der Waals surface area contributed by atoms with Gasteiger partial charge >= 0.3 is 0 Å². The number of methoxy groups -OCH3 is 1. The Kier molecular flexibility index (Phi) is 7.54. The number of amides is 2. The molecule has 8 nitrogen and oxygen atoms in total. The molecule has 0 fully saturated rings. The molecule has 0 bridgehead atoms. The van der Waals surface area contributed by atoms with E-state index in [0.29, 0.717) is 34.3 Å². The van der Waals surface area contributed by atoms with Crippen LogP contribution >= 0.6 is 0 Å². The third-order valence-electron chi connectivity index (χ3n) is 4.54. The summed E-state index contributed by atoms with van der Waals surface area (Å²) in [5.74, 6) is 0.457. The molecular weight excluding hydrogens is 422 g/mol. The van der Waals surface area contributed by atoms with E-state index in [1.54, 1.807) is 55.6 Å². The van der Waals surface area contributed by atoms with E-state index in [4.69, 9.17) is 9.47 Å². The number of aromatic nitrogens is 1. The topological polar surface area (TPSA) is 107 Å². The molecule has 2 N–H and O–H groups in total. The molecule has 2 aromatic carbocycles. The fraction of sp³-hybridized carbons (Fsp3) is 0.120. The van der Waals surface area contributed by atoms with Crippen LogP contribution in [0, 0.1) is 0 Å². The Labute approximate surface area is 191 Å². The molecule has 0 saturated carbocycles. The maximum Gasteiger partial charge on any atom is 0.251 e. The monoisotopic (exact) mass is 445 g/mol. The molecule has 0 unspecified atom stereocenters. The fourth-order valence-electron chi connectivity index (χ4n) is 2.79. The van der Waals surface area contributed by atoms with Crippen LogP contribution in [0.5, 0.6) is 17.4 Å². The van der Waals surface area contributed by atoms with Gasteiger partial charge in [0.15, 0.2) is 17.3 Å². The number of ketones is 1. The first-order chi connectivity index (χ1) is 15.9. The predicted molar refractivity (Wildman–Crippen MR) is 125 cm³/mol. The molecule has 3 rings (SSSR count). The van der Waals surface area contributed by atoms with Crippen molar-refractivity contribution in [2.45, 2.75) is 13.8 Å². The highest BCUT2D eigenvalue weighted by Gasteiger charge is 2.09. The summed E-state index contributed by atoms with van der Waals surface area (Å²) in [7, 11) is 1.55. The highest BCUT2D eigenvalue weighted by atomic mass is 16.5. The van der Waals surface area contributed by atoms with E-state index in [9.17, 15) is 14.4 Å². The van der Waals surface area contributed by atoms with Crippen molar-refractivity contribution in [1.29, 1.82) is 0 Å². The molecule has 0 spiro atoms. The second-order valence-electron chi connectivity index (χ2n) is 7.04. The lowest BCUT2D eigenvalue weighted by molar-refractivity contribution is -0.114. The number of hydrogen-bond acceptors (Lipinski definition) is 6. The van der Waals surface area contributed by atoms with Gasteiger partial charge in [-0.25, -0.2) is 4.98 Å². The molecule has 0 saturated heterocycles. The van der Waals surface area contributed by atoms with Crippen LogP contribution in [-0.2, 0) is 9.59 Å². The number of rotatable bonds is 8. The number of nitrogens with one attached hydrogen (secondary N) is 2. The van der Waals surface area contributed by atoms with Gasteiger partial charge in [-0.15, -0.1) is 0 Å². The summed E-state index contributed by atoms with van der Waals surface area (Å²) < 4.78 is 10.9. The maximum atomic E-state index is 12.3. The van der Waals surface area contributed by atoms with Crippen molar-refractivity contribution in [2.24, 2.45) is 0 Å². The zero-order chi connectivity index (χ0) is 23.8. The number of hydrogen-bond donors (Lipinski definition) is 2. The van der Waals surface area contributed by atoms with Crippen LogP contribution in [0.4, 0.5) is 11.4 Å². The van der Waals surface area contributed by atoms with E-state index in [2.05, 4.69) is 15.6 Å². The van der Waals surface area contributed by atoms with Gasteiger partial charge in [0, 0.05) is 29.0 Å². The number of anilines is 2. The molecule has 0 aliphatic carbocycles. The number of para-hydroxylation sites is 2. The first kappa shape index (κ1) is 23.2. The summed E-state index contributed by atoms with van der Waals surface area (Å²) in [6.07, 6.45) is 2.64. The van der Waals surface area contributed by atoms with Gasteiger partial charge in [-0.3, -0.25) is 14.4 Å². The van der Waals surface area contributed by atoms with Gasteiger partial charge in [-0.2, -0.15) is 0 Å². The van der Waals surface area contributed by atoms with Crippen LogP contribution in [0.2, 0.25) is 0 Å². The van der Waals surface area contributed by atoms with Crippen molar-refractivity contribution in [3.05, 3.63) is 84.1 Å². The second kappa shape index (κ2) is 10.7. The molecule has 3 aromatic rings. The number of nitrogens with zero attached hydrogens (tertiary/aromatic N) is 1. The van der Waals surface area contributed by atoms with Gasteiger partial charge in [-0.05, 0) is 56.3 Å². The Morgan fingerprint density at radius 2 is 1.52 bits per heavy atom. The molecule has 0 aliphatic rings. The molecule has 168 valence electrons. The zero-order valence-electron chi connectivity index (χ0n) is 18.4. The Morgan fingerprint density at radius 1 is 0.848 bits per heavy atom. The smallest absolute Gasteiger partial charge is 0.251 e. The lowest BCUT2D eigenvalue weighted by Gasteiger charge is -2.09. The van der Waals surface area contributed by atoms with E-state index < -0.39 is 11.8 Å². The highest BCUT2D eigenvalue weighted by Crippen LogP contribution is 2.30.